The molecule has 7 nitrogen and oxygen atoms in total. The van der Waals surface area contributed by atoms with Crippen molar-refractivity contribution in [1.29, 1.82) is 0 Å². The maximum atomic E-state index is 13.3. The number of H-pyrrole nitrogens is 1. The molecule has 0 saturated heterocycles. The number of hydrogen-bond donors (Lipinski definition) is 3. The molecule has 1 aromatic heterocycles. The van der Waals surface area contributed by atoms with Crippen LogP contribution in [-0.2, 0) is 4.79 Å². The van der Waals surface area contributed by atoms with E-state index < -0.39 is 0 Å². The first-order chi connectivity index (χ1) is 18.2. The summed E-state index contributed by atoms with van der Waals surface area (Å²) >= 11 is 6.14. The van der Waals surface area contributed by atoms with Gasteiger partial charge in [0.15, 0.2) is 5.78 Å². The summed E-state index contributed by atoms with van der Waals surface area (Å²) in [5, 5.41) is 6.50. The molecule has 0 aliphatic heterocycles. The van der Waals surface area contributed by atoms with Crippen molar-refractivity contribution in [3.05, 3.63) is 76.1 Å². The van der Waals surface area contributed by atoms with E-state index in [9.17, 15) is 14.4 Å². The van der Waals surface area contributed by atoms with Gasteiger partial charge in [-0.1, -0.05) is 37.9 Å². The van der Waals surface area contributed by atoms with Crippen molar-refractivity contribution in [3.63, 3.8) is 0 Å². The van der Waals surface area contributed by atoms with Gasteiger partial charge >= 0.3 is 0 Å². The Balaban J connectivity index is 1.75. The van der Waals surface area contributed by atoms with Gasteiger partial charge in [-0.25, -0.2) is 4.98 Å². The molecule has 2 amide bonds. The predicted molar refractivity (Wildman–Crippen MR) is 153 cm³/mol. The molecule has 1 atom stereocenters. The van der Waals surface area contributed by atoms with Gasteiger partial charge < -0.3 is 15.6 Å². The van der Waals surface area contributed by atoms with Crippen LogP contribution in [0.15, 0.2) is 48.6 Å². The van der Waals surface area contributed by atoms with E-state index in [4.69, 9.17) is 11.6 Å². The lowest BCUT2D eigenvalue weighted by Gasteiger charge is -2.17. The summed E-state index contributed by atoms with van der Waals surface area (Å²) in [5.74, 6) is 0.260. The Labute approximate surface area is 229 Å². The number of amides is 2. The predicted octanol–water partition coefficient (Wildman–Crippen LogP) is 6.62. The zero-order valence-electron chi connectivity index (χ0n) is 22.5. The van der Waals surface area contributed by atoms with Crippen LogP contribution in [0.4, 0.5) is 0 Å². The van der Waals surface area contributed by atoms with Crippen molar-refractivity contribution in [3.8, 4) is 0 Å². The number of allylic oxidation sites excluding steroid dienone is 1. The lowest BCUT2D eigenvalue weighted by molar-refractivity contribution is -0.118. The van der Waals surface area contributed by atoms with Gasteiger partial charge in [0.2, 0.25) is 5.91 Å². The Bertz CT molecular complexity index is 1310. The van der Waals surface area contributed by atoms with E-state index >= 15 is 0 Å². The minimum absolute atomic E-state index is 0.0640. The average Bonchev–Trinajstić information content (AvgIpc) is 3.30. The number of benzene rings is 2. The maximum absolute atomic E-state index is 13.3. The van der Waals surface area contributed by atoms with Crippen LogP contribution in [0.1, 0.15) is 96.9 Å². The largest absolute Gasteiger partial charge is 0.356 e. The highest BCUT2D eigenvalue weighted by Crippen LogP contribution is 2.24. The molecule has 3 aromatic rings. The van der Waals surface area contributed by atoms with Gasteiger partial charge in [-0.2, -0.15) is 0 Å². The summed E-state index contributed by atoms with van der Waals surface area (Å²) in [6.45, 7) is 10.0. The number of aromatic amines is 1. The summed E-state index contributed by atoms with van der Waals surface area (Å²) in [6, 6.07) is 10.2. The van der Waals surface area contributed by atoms with Gasteiger partial charge in [-0.3, -0.25) is 14.4 Å². The van der Waals surface area contributed by atoms with Crippen molar-refractivity contribution in [1.82, 2.24) is 20.6 Å². The van der Waals surface area contributed by atoms with Crippen LogP contribution in [0.25, 0.3) is 11.0 Å². The Morgan fingerprint density at radius 2 is 1.87 bits per heavy atom. The van der Waals surface area contributed by atoms with E-state index in [0.717, 1.165) is 48.7 Å². The van der Waals surface area contributed by atoms with Crippen LogP contribution in [0.5, 0.6) is 0 Å². The van der Waals surface area contributed by atoms with Gasteiger partial charge in [0, 0.05) is 29.6 Å². The smallest absolute Gasteiger partial charge is 0.251 e. The second kappa shape index (κ2) is 13.9. The first kappa shape index (κ1) is 29.1. The molecule has 0 bridgehead atoms. The number of rotatable bonds is 14. The number of fused-ring (bicyclic) bond motifs is 1. The fourth-order valence-electron chi connectivity index (χ4n) is 4.38. The third-order valence-electron chi connectivity index (χ3n) is 6.53. The van der Waals surface area contributed by atoms with Crippen LogP contribution in [0, 0.1) is 6.92 Å². The van der Waals surface area contributed by atoms with Crippen LogP contribution < -0.4 is 10.6 Å². The van der Waals surface area contributed by atoms with E-state index in [0.29, 0.717) is 46.9 Å². The minimum atomic E-state index is -0.369. The molecule has 8 heteroatoms. The molecule has 3 N–H and O–H groups in total. The highest BCUT2D eigenvalue weighted by Gasteiger charge is 2.21. The Hall–Kier alpha value is -3.45. The SMILES string of the molecule is C=C(CCCCC)C(=O)c1ccc(C(=O)N[C@@H](CCCCNC(C)=O)c2nc3ccc(Cl)cc3[nH]2)cc1C. The molecule has 0 unspecified atom stereocenters. The molecule has 0 radical (unpaired) electrons. The van der Waals surface area contributed by atoms with Gasteiger partial charge in [-0.15, -0.1) is 0 Å². The highest BCUT2D eigenvalue weighted by molar-refractivity contribution is 6.31. The molecule has 0 aliphatic carbocycles. The maximum Gasteiger partial charge on any atom is 0.251 e. The fourth-order valence-corrected chi connectivity index (χ4v) is 4.55. The number of Topliss-reactive ketones (excluding diaryl/α,β-unsaturated/α-hetero) is 1. The molecule has 0 fully saturated rings. The van der Waals surface area contributed by atoms with Gasteiger partial charge in [0.1, 0.15) is 5.82 Å². The van der Waals surface area contributed by atoms with Crippen molar-refractivity contribution in [2.24, 2.45) is 0 Å². The van der Waals surface area contributed by atoms with Gasteiger partial charge in [-0.05, 0) is 86.6 Å². The standard InChI is InChI=1S/C30H37ClN4O3/c1-5-6-7-10-19(2)28(37)24-14-12-22(17-20(24)3)30(38)35-26(11-8-9-16-32-21(4)36)29-33-25-15-13-23(31)18-27(25)34-29/h12-15,17-18,26H,2,5-11,16H2,1,3-4H3,(H,32,36)(H,33,34)(H,35,38)/t26-/m0/s1. The zero-order chi connectivity index (χ0) is 27.7. The van der Waals surface area contributed by atoms with E-state index in [1.54, 1.807) is 30.3 Å². The summed E-state index contributed by atoms with van der Waals surface area (Å²) in [5.41, 5.74) is 3.94. The molecule has 202 valence electrons. The summed E-state index contributed by atoms with van der Waals surface area (Å²) in [6.07, 6.45) is 5.96. The monoisotopic (exact) mass is 536 g/mol. The number of imidazole rings is 1. The lowest BCUT2D eigenvalue weighted by atomic mass is 9.95. The van der Waals surface area contributed by atoms with Gasteiger partial charge in [0.25, 0.3) is 5.91 Å². The first-order valence-corrected chi connectivity index (χ1v) is 13.6. The number of carbonyl (C=O) groups excluding carboxylic acids is 3. The van der Waals surface area contributed by atoms with Crippen molar-refractivity contribution >= 4 is 40.2 Å². The molecule has 0 saturated carbocycles. The second-order valence-electron chi connectivity index (χ2n) is 9.71. The summed E-state index contributed by atoms with van der Waals surface area (Å²) in [4.78, 5) is 45.3. The third-order valence-corrected chi connectivity index (χ3v) is 6.76. The quantitative estimate of drug-likeness (QED) is 0.122. The number of unbranched alkanes of at least 4 members (excludes halogenated alkanes) is 3. The van der Waals surface area contributed by atoms with Crippen molar-refractivity contribution in [2.75, 3.05) is 6.54 Å². The van der Waals surface area contributed by atoms with E-state index in [1.165, 1.54) is 6.92 Å². The number of aryl methyl sites for hydroxylation is 1. The summed E-state index contributed by atoms with van der Waals surface area (Å²) in [7, 11) is 0. The van der Waals surface area contributed by atoms with Crippen LogP contribution in [0.2, 0.25) is 5.02 Å². The number of aromatic nitrogens is 2. The fraction of sp³-hybridized carbons (Fsp3) is 0.400. The van der Waals surface area contributed by atoms with Crippen molar-refractivity contribution < 1.29 is 14.4 Å². The minimum Gasteiger partial charge on any atom is -0.356 e. The molecule has 38 heavy (non-hydrogen) atoms. The van der Waals surface area contributed by atoms with E-state index in [1.807, 2.05) is 13.0 Å². The number of hydrogen-bond acceptors (Lipinski definition) is 4. The Kier molecular flexibility index (Phi) is 10.7. The number of nitrogens with zero attached hydrogens (tertiary/aromatic N) is 1. The molecular formula is C30H37ClN4O3. The third kappa shape index (κ3) is 8.02. The van der Waals surface area contributed by atoms with E-state index in [-0.39, 0.29) is 23.6 Å². The van der Waals surface area contributed by atoms with Crippen LogP contribution >= 0.6 is 11.6 Å². The van der Waals surface area contributed by atoms with Crippen LogP contribution in [-0.4, -0.2) is 34.1 Å². The Morgan fingerprint density at radius 1 is 1.08 bits per heavy atom. The average molecular weight is 537 g/mol. The molecule has 0 aliphatic rings. The number of ketones is 1. The summed E-state index contributed by atoms with van der Waals surface area (Å²) < 4.78 is 0. The van der Waals surface area contributed by atoms with E-state index in [2.05, 4.69) is 34.1 Å². The highest BCUT2D eigenvalue weighted by atomic mass is 35.5. The first-order valence-electron chi connectivity index (χ1n) is 13.2. The van der Waals surface area contributed by atoms with Gasteiger partial charge in [0.05, 0.1) is 17.1 Å². The Morgan fingerprint density at radius 3 is 2.58 bits per heavy atom. The number of halogens is 1. The molecule has 1 heterocycles. The normalized spacial score (nSPS) is 11.8. The van der Waals surface area contributed by atoms with Crippen molar-refractivity contribution in [2.45, 2.75) is 71.8 Å². The topological polar surface area (TPSA) is 104 Å². The molecule has 2 aromatic carbocycles. The van der Waals surface area contributed by atoms with Crippen LogP contribution in [0.3, 0.4) is 0 Å². The number of carbonyl (C=O) groups is 3. The zero-order valence-corrected chi connectivity index (χ0v) is 23.2. The molecule has 3 rings (SSSR count). The lowest BCUT2D eigenvalue weighted by Crippen LogP contribution is -2.30. The molecule has 0 spiro atoms. The number of nitrogens with one attached hydrogen (secondary N) is 3. The molecular weight excluding hydrogens is 500 g/mol. The second-order valence-corrected chi connectivity index (χ2v) is 10.1.